The van der Waals surface area contributed by atoms with E-state index in [2.05, 4.69) is 15.6 Å². The zero-order chi connectivity index (χ0) is 20.4. The third kappa shape index (κ3) is 6.61. The van der Waals surface area contributed by atoms with E-state index in [-0.39, 0.29) is 0 Å². The third-order valence-corrected chi connectivity index (χ3v) is 3.68. The van der Waals surface area contributed by atoms with Gasteiger partial charge in [0.05, 0.1) is 13.7 Å². The Balaban J connectivity index is 1.98. The van der Waals surface area contributed by atoms with Gasteiger partial charge in [0.2, 0.25) is 0 Å². The van der Waals surface area contributed by atoms with Crippen molar-refractivity contribution in [1.29, 1.82) is 0 Å². The van der Waals surface area contributed by atoms with Gasteiger partial charge in [-0.2, -0.15) is 0 Å². The average Bonchev–Trinajstić information content (AvgIpc) is 2.70. The number of nitrogens with one attached hydrogen (secondary N) is 2. The molecule has 8 heteroatoms. The summed E-state index contributed by atoms with van der Waals surface area (Å²) in [6.45, 7) is 2.25. The van der Waals surface area contributed by atoms with E-state index in [0.29, 0.717) is 36.4 Å². The molecule has 28 heavy (non-hydrogen) atoms. The van der Waals surface area contributed by atoms with Crippen molar-refractivity contribution in [2.75, 3.05) is 32.7 Å². The number of guanidine groups is 1. The molecule has 2 aromatic rings. The number of rotatable bonds is 9. The largest absolute Gasteiger partial charge is 0.493 e. The molecule has 0 fully saturated rings. The predicted octanol–water partition coefficient (Wildman–Crippen LogP) is 3.93. The number of methoxy groups -OCH3 is 1. The fourth-order valence-electron chi connectivity index (χ4n) is 2.43. The molecule has 0 heterocycles. The average molecular weight is 393 g/mol. The maximum Gasteiger partial charge on any atom is 0.272 e. The van der Waals surface area contributed by atoms with Crippen LogP contribution in [0.4, 0.5) is 14.5 Å². The van der Waals surface area contributed by atoms with Gasteiger partial charge in [0.15, 0.2) is 17.5 Å². The number of nitrogens with zero attached hydrogens (tertiary/aromatic N) is 1. The van der Waals surface area contributed by atoms with Gasteiger partial charge in [0, 0.05) is 25.3 Å². The van der Waals surface area contributed by atoms with Crippen LogP contribution in [0.3, 0.4) is 0 Å². The highest BCUT2D eigenvalue weighted by molar-refractivity contribution is 5.93. The van der Waals surface area contributed by atoms with Crippen molar-refractivity contribution in [2.24, 2.45) is 4.99 Å². The fourth-order valence-corrected chi connectivity index (χ4v) is 2.43. The normalized spacial score (nSPS) is 11.3. The molecule has 0 bridgehead atoms. The first-order chi connectivity index (χ1) is 13.5. The summed E-state index contributed by atoms with van der Waals surface area (Å²) >= 11 is 0. The molecule has 0 aliphatic carbocycles. The molecule has 152 valence electrons. The minimum absolute atomic E-state index is 0.402. The molecule has 0 aliphatic rings. The van der Waals surface area contributed by atoms with Gasteiger partial charge >= 0.3 is 0 Å². The standard InChI is InChI=1S/C20H25F2N3O3/c1-4-27-18-11-15(8-9-17(18)26-3)25-20(23-2)24-12-14-6-5-7-16(10-14)28-13-19(21)22/h5-11,19H,4,12-13H2,1-3H3,(H2,23,24,25). The molecule has 0 amide bonds. The molecule has 0 unspecified atom stereocenters. The molecule has 0 aromatic heterocycles. The molecule has 0 radical (unpaired) electrons. The summed E-state index contributed by atoms with van der Waals surface area (Å²) in [5, 5.41) is 6.35. The van der Waals surface area contributed by atoms with Gasteiger partial charge in [-0.25, -0.2) is 8.78 Å². The second-order valence-electron chi connectivity index (χ2n) is 5.70. The van der Waals surface area contributed by atoms with Crippen molar-refractivity contribution in [1.82, 2.24) is 5.32 Å². The van der Waals surface area contributed by atoms with Crippen molar-refractivity contribution in [2.45, 2.75) is 19.9 Å². The van der Waals surface area contributed by atoms with Crippen molar-refractivity contribution in [3.8, 4) is 17.2 Å². The lowest BCUT2D eigenvalue weighted by atomic mass is 10.2. The summed E-state index contributed by atoms with van der Waals surface area (Å²) in [6.07, 6.45) is -2.50. The van der Waals surface area contributed by atoms with Crippen LogP contribution in [0.15, 0.2) is 47.5 Å². The zero-order valence-corrected chi connectivity index (χ0v) is 16.2. The number of benzene rings is 2. The maximum atomic E-state index is 12.3. The molecule has 2 aromatic carbocycles. The Hall–Kier alpha value is -3.03. The first kappa shape index (κ1) is 21.3. The van der Waals surface area contributed by atoms with E-state index in [4.69, 9.17) is 14.2 Å². The SMILES string of the molecule is CCOc1cc(NC(=NC)NCc2cccc(OCC(F)F)c2)ccc1OC. The Morgan fingerprint density at radius 1 is 1.11 bits per heavy atom. The Bertz CT molecular complexity index is 785. The van der Waals surface area contributed by atoms with Gasteiger partial charge in [0.1, 0.15) is 12.4 Å². The number of anilines is 1. The number of alkyl halides is 2. The van der Waals surface area contributed by atoms with E-state index in [9.17, 15) is 8.78 Å². The first-order valence-corrected chi connectivity index (χ1v) is 8.84. The quantitative estimate of drug-likeness (QED) is 0.499. The lowest BCUT2D eigenvalue weighted by Crippen LogP contribution is -2.30. The van der Waals surface area contributed by atoms with Crippen LogP contribution in [0.2, 0.25) is 0 Å². The summed E-state index contributed by atoms with van der Waals surface area (Å²) in [5.74, 6) is 2.23. The molecule has 0 atom stereocenters. The smallest absolute Gasteiger partial charge is 0.272 e. The molecule has 0 saturated heterocycles. The summed E-state index contributed by atoms with van der Waals surface area (Å²) in [5.41, 5.74) is 1.66. The van der Waals surface area contributed by atoms with E-state index in [1.165, 1.54) is 0 Å². The van der Waals surface area contributed by atoms with Gasteiger partial charge in [0.25, 0.3) is 6.43 Å². The van der Waals surface area contributed by atoms with Crippen LogP contribution in [0, 0.1) is 0 Å². The second kappa shape index (κ2) is 11.0. The van der Waals surface area contributed by atoms with Gasteiger partial charge in [-0.3, -0.25) is 4.99 Å². The summed E-state index contributed by atoms with van der Waals surface area (Å²) < 4.78 is 40.4. The van der Waals surface area contributed by atoms with Crippen LogP contribution in [-0.4, -0.2) is 39.8 Å². The highest BCUT2D eigenvalue weighted by Crippen LogP contribution is 2.30. The second-order valence-corrected chi connectivity index (χ2v) is 5.70. The lowest BCUT2D eigenvalue weighted by molar-refractivity contribution is 0.0818. The molecule has 0 saturated carbocycles. The number of halogens is 2. The van der Waals surface area contributed by atoms with Crippen LogP contribution >= 0.6 is 0 Å². The highest BCUT2D eigenvalue weighted by atomic mass is 19.3. The summed E-state index contributed by atoms with van der Waals surface area (Å²) in [4.78, 5) is 4.19. The van der Waals surface area contributed by atoms with Crippen LogP contribution in [0.5, 0.6) is 17.2 Å². The van der Waals surface area contributed by atoms with E-state index < -0.39 is 13.0 Å². The van der Waals surface area contributed by atoms with Gasteiger partial charge in [-0.05, 0) is 36.8 Å². The van der Waals surface area contributed by atoms with Crippen molar-refractivity contribution in [3.05, 3.63) is 48.0 Å². The molecule has 0 spiro atoms. The zero-order valence-electron chi connectivity index (χ0n) is 16.2. The molecular weight excluding hydrogens is 368 g/mol. The van der Waals surface area contributed by atoms with E-state index in [1.807, 2.05) is 31.2 Å². The predicted molar refractivity (Wildman–Crippen MR) is 106 cm³/mol. The summed E-state index contributed by atoms with van der Waals surface area (Å²) in [6, 6.07) is 12.5. The fraction of sp³-hybridized carbons (Fsp3) is 0.350. The monoisotopic (exact) mass is 393 g/mol. The Labute approximate surface area is 163 Å². The molecule has 6 nitrogen and oxygen atoms in total. The molecule has 0 aliphatic heterocycles. The van der Waals surface area contributed by atoms with Gasteiger partial charge in [-0.15, -0.1) is 0 Å². The van der Waals surface area contributed by atoms with Crippen LogP contribution in [0.25, 0.3) is 0 Å². The number of aliphatic imine (C=N–C) groups is 1. The summed E-state index contributed by atoms with van der Waals surface area (Å²) in [7, 11) is 3.25. The van der Waals surface area contributed by atoms with E-state index >= 15 is 0 Å². The topological polar surface area (TPSA) is 64.1 Å². The Morgan fingerprint density at radius 3 is 2.61 bits per heavy atom. The van der Waals surface area contributed by atoms with Crippen molar-refractivity contribution < 1.29 is 23.0 Å². The molecule has 2 rings (SSSR count). The van der Waals surface area contributed by atoms with Crippen LogP contribution in [-0.2, 0) is 6.54 Å². The van der Waals surface area contributed by atoms with E-state index in [1.54, 1.807) is 32.4 Å². The number of ether oxygens (including phenoxy) is 3. The van der Waals surface area contributed by atoms with Gasteiger partial charge in [-0.1, -0.05) is 12.1 Å². The van der Waals surface area contributed by atoms with Crippen molar-refractivity contribution in [3.63, 3.8) is 0 Å². The Morgan fingerprint density at radius 2 is 1.93 bits per heavy atom. The van der Waals surface area contributed by atoms with Crippen LogP contribution < -0.4 is 24.8 Å². The number of hydrogen-bond acceptors (Lipinski definition) is 4. The van der Waals surface area contributed by atoms with Crippen molar-refractivity contribution >= 4 is 11.6 Å². The third-order valence-electron chi connectivity index (χ3n) is 3.68. The first-order valence-electron chi connectivity index (χ1n) is 8.84. The highest BCUT2D eigenvalue weighted by Gasteiger charge is 2.08. The Kier molecular flexibility index (Phi) is 8.33. The van der Waals surface area contributed by atoms with E-state index in [0.717, 1.165) is 11.3 Å². The number of hydrogen-bond donors (Lipinski definition) is 2. The molecule has 2 N–H and O–H groups in total. The maximum absolute atomic E-state index is 12.3. The molecular formula is C20H25F2N3O3. The lowest BCUT2D eigenvalue weighted by Gasteiger charge is -2.15. The van der Waals surface area contributed by atoms with Gasteiger partial charge < -0.3 is 24.8 Å². The minimum atomic E-state index is -2.50. The minimum Gasteiger partial charge on any atom is -0.493 e. The van der Waals surface area contributed by atoms with Crippen LogP contribution in [0.1, 0.15) is 12.5 Å².